The molecule has 4 rings (SSSR count). The fourth-order valence-electron chi connectivity index (χ4n) is 5.80. The van der Waals surface area contributed by atoms with Crippen LogP contribution in [0.5, 0.6) is 0 Å². The van der Waals surface area contributed by atoms with Gasteiger partial charge >= 0.3 is 0 Å². The van der Waals surface area contributed by atoms with Crippen LogP contribution in [-0.2, 0) is 28.1 Å². The highest BCUT2D eigenvalue weighted by atomic mass is 32.1. The Morgan fingerprint density at radius 2 is 1.88 bits per heavy atom. The zero-order chi connectivity index (χ0) is 30.2. The van der Waals surface area contributed by atoms with Crippen LogP contribution in [0.15, 0.2) is 48.5 Å². The van der Waals surface area contributed by atoms with E-state index in [2.05, 4.69) is 38.7 Å². The third-order valence-electron chi connectivity index (χ3n) is 7.95. The number of allylic oxidation sites excluding steroid dienone is 1. The molecule has 2 N–H and O–H groups in total. The summed E-state index contributed by atoms with van der Waals surface area (Å²) in [4.78, 5) is 44.0. The van der Waals surface area contributed by atoms with E-state index in [1.54, 1.807) is 12.1 Å². The van der Waals surface area contributed by atoms with Gasteiger partial charge in [0.2, 0.25) is 11.8 Å². The summed E-state index contributed by atoms with van der Waals surface area (Å²) in [5.41, 5.74) is 3.93. The average Bonchev–Trinajstić information content (AvgIpc) is 3.41. The average molecular weight is 582 g/mol. The summed E-state index contributed by atoms with van der Waals surface area (Å²) < 4.78 is 15.4. The number of carbonyl (C=O) groups is 3. The number of likely N-dealkylation sites (tertiary alicyclic amines) is 1. The number of nitrogens with one attached hydrogen (secondary N) is 1. The van der Waals surface area contributed by atoms with Gasteiger partial charge in [-0.25, -0.2) is 4.39 Å². The number of aliphatic hydroxyl groups is 1. The summed E-state index contributed by atoms with van der Waals surface area (Å²) in [7, 11) is 0. The summed E-state index contributed by atoms with van der Waals surface area (Å²) >= 11 is 4.54. The molecule has 1 saturated heterocycles. The third-order valence-corrected chi connectivity index (χ3v) is 8.47. The maximum Gasteiger partial charge on any atom is 0.255 e. The first-order valence-corrected chi connectivity index (χ1v) is 14.5. The van der Waals surface area contributed by atoms with E-state index >= 15 is 4.39 Å². The summed E-state index contributed by atoms with van der Waals surface area (Å²) in [5.74, 6) is -1.81. The summed E-state index contributed by atoms with van der Waals surface area (Å²) in [6, 6.07) is 10.6. The van der Waals surface area contributed by atoms with Gasteiger partial charge in [-0.1, -0.05) is 71.0 Å². The number of hydrogen-bond donors (Lipinski definition) is 3. The van der Waals surface area contributed by atoms with Gasteiger partial charge < -0.3 is 20.2 Å². The molecule has 0 aliphatic carbocycles. The maximum atomic E-state index is 15.4. The zero-order valence-electron chi connectivity index (χ0n) is 24.5. The number of benzene rings is 2. The van der Waals surface area contributed by atoms with Crippen LogP contribution in [0.4, 0.5) is 4.39 Å². The van der Waals surface area contributed by atoms with E-state index in [1.165, 1.54) is 4.90 Å². The molecular weight excluding hydrogens is 541 g/mol. The Hall–Kier alpha value is -3.17. The first kappa shape index (κ1) is 30.8. The maximum absolute atomic E-state index is 15.4. The molecule has 0 aromatic heterocycles. The van der Waals surface area contributed by atoms with E-state index in [4.69, 9.17) is 0 Å². The Labute approximate surface area is 247 Å². The number of nitrogens with zero attached hydrogens (tertiary/aromatic N) is 2. The molecular formula is C32H40FN3O4S. The molecule has 0 bridgehead atoms. The number of thiol groups is 1. The van der Waals surface area contributed by atoms with Crippen LogP contribution in [0.3, 0.4) is 0 Å². The van der Waals surface area contributed by atoms with Crippen molar-refractivity contribution in [1.82, 2.24) is 15.1 Å². The number of fused-ring (bicyclic) bond motifs is 1. The molecule has 0 spiro atoms. The lowest BCUT2D eigenvalue weighted by Crippen LogP contribution is -2.56. The Balaban J connectivity index is 1.57. The SMILES string of the molecule is C/C=C(/S)c1ccc(CNC(=O)[C@@H]2[C@@H](F)[C@@H](O)CN2C(=O)[C@H](C(C)C)N2Cc3ccccc3C2=O)c(C(C)(C)C)c1. The highest BCUT2D eigenvalue weighted by Gasteiger charge is 2.51. The van der Waals surface area contributed by atoms with Crippen molar-refractivity contribution >= 4 is 35.3 Å². The van der Waals surface area contributed by atoms with Crippen LogP contribution in [0.1, 0.15) is 74.2 Å². The number of carbonyl (C=O) groups excluding carboxylic acids is 3. The summed E-state index contributed by atoms with van der Waals surface area (Å²) in [5, 5.41) is 13.2. The minimum atomic E-state index is -1.95. The molecule has 0 unspecified atom stereocenters. The largest absolute Gasteiger partial charge is 0.388 e. The Bertz CT molecular complexity index is 1370. The minimum Gasteiger partial charge on any atom is -0.388 e. The van der Waals surface area contributed by atoms with E-state index in [-0.39, 0.29) is 36.9 Å². The number of amides is 3. The second kappa shape index (κ2) is 12.0. The van der Waals surface area contributed by atoms with Gasteiger partial charge in [-0.15, -0.1) is 12.6 Å². The molecule has 2 aliphatic heterocycles. The number of alkyl halides is 1. The van der Waals surface area contributed by atoms with Crippen LogP contribution in [0, 0.1) is 5.92 Å². The van der Waals surface area contributed by atoms with E-state index in [0.29, 0.717) is 5.56 Å². The van der Waals surface area contributed by atoms with Crippen molar-refractivity contribution in [2.24, 2.45) is 5.92 Å². The fraction of sp³-hybridized carbons (Fsp3) is 0.469. The van der Waals surface area contributed by atoms with E-state index in [1.807, 2.05) is 57.2 Å². The number of hydrogen-bond acceptors (Lipinski definition) is 5. The highest BCUT2D eigenvalue weighted by Crippen LogP contribution is 2.32. The Morgan fingerprint density at radius 1 is 1.20 bits per heavy atom. The van der Waals surface area contributed by atoms with E-state index < -0.39 is 36.2 Å². The quantitative estimate of drug-likeness (QED) is 0.421. The van der Waals surface area contributed by atoms with Crippen LogP contribution < -0.4 is 5.32 Å². The number of aliphatic hydroxyl groups excluding tert-OH is 1. The molecule has 9 heteroatoms. The van der Waals surface area contributed by atoms with Crippen molar-refractivity contribution in [3.05, 3.63) is 76.4 Å². The predicted molar refractivity (Wildman–Crippen MR) is 161 cm³/mol. The molecule has 0 saturated carbocycles. The number of β-amino-alcohol motifs (C(OH)–C–C–N with tert-alkyl or cyclic N) is 1. The molecule has 0 radical (unpaired) electrons. The second-order valence-corrected chi connectivity index (χ2v) is 12.7. The van der Waals surface area contributed by atoms with Crippen molar-refractivity contribution in [3.8, 4) is 0 Å². The molecule has 7 nitrogen and oxygen atoms in total. The topological polar surface area (TPSA) is 89.9 Å². The predicted octanol–water partition coefficient (Wildman–Crippen LogP) is 4.48. The van der Waals surface area contributed by atoms with E-state index in [9.17, 15) is 19.5 Å². The van der Waals surface area contributed by atoms with Gasteiger partial charge in [0.05, 0.1) is 6.54 Å². The van der Waals surface area contributed by atoms with Gasteiger partial charge in [0.15, 0.2) is 6.17 Å². The van der Waals surface area contributed by atoms with Crippen molar-refractivity contribution < 1.29 is 23.9 Å². The minimum absolute atomic E-state index is 0.123. The molecule has 2 aromatic rings. The number of rotatable bonds is 7. The lowest BCUT2D eigenvalue weighted by molar-refractivity contribution is -0.144. The van der Waals surface area contributed by atoms with Gasteiger partial charge in [-0.05, 0) is 52.6 Å². The Morgan fingerprint density at radius 3 is 2.49 bits per heavy atom. The standard InChI is InChI=1S/C32H40FN3O4S/c1-7-25(41)19-12-13-20(23(14-19)32(4,5)6)15-34-29(38)28-26(33)24(37)17-36(28)31(40)27(18(2)3)35-16-21-10-8-9-11-22(21)30(35)39/h7-14,18,24,26-28,37,41H,15-17H2,1-6H3,(H,34,38)/b25-7+/t24-,26-,27-,28-/m0/s1. The number of halogens is 1. The van der Waals surface area contributed by atoms with Gasteiger partial charge in [-0.3, -0.25) is 14.4 Å². The van der Waals surface area contributed by atoms with Gasteiger partial charge in [-0.2, -0.15) is 0 Å². The molecule has 3 amide bonds. The zero-order valence-corrected chi connectivity index (χ0v) is 25.4. The lowest BCUT2D eigenvalue weighted by Gasteiger charge is -2.35. The van der Waals surface area contributed by atoms with Crippen LogP contribution >= 0.6 is 12.6 Å². The molecule has 41 heavy (non-hydrogen) atoms. The summed E-state index contributed by atoms with van der Waals surface area (Å²) in [6.45, 7) is 11.8. The summed E-state index contributed by atoms with van der Waals surface area (Å²) in [6.07, 6.45) is -1.55. The first-order valence-electron chi connectivity index (χ1n) is 14.0. The van der Waals surface area contributed by atoms with Crippen LogP contribution in [0.25, 0.3) is 4.91 Å². The molecule has 2 aliphatic rings. The van der Waals surface area contributed by atoms with Crippen molar-refractivity contribution in [3.63, 3.8) is 0 Å². The molecule has 2 heterocycles. The molecule has 220 valence electrons. The first-order chi connectivity index (χ1) is 19.3. The van der Waals surface area contributed by atoms with E-state index in [0.717, 1.165) is 32.1 Å². The monoisotopic (exact) mass is 581 g/mol. The Kier molecular flexibility index (Phi) is 8.99. The van der Waals surface area contributed by atoms with Gasteiger partial charge in [0, 0.05) is 23.6 Å². The molecule has 4 atom stereocenters. The van der Waals surface area contributed by atoms with Crippen LogP contribution in [0.2, 0.25) is 0 Å². The van der Waals surface area contributed by atoms with Crippen molar-refractivity contribution in [2.75, 3.05) is 6.54 Å². The normalized spacial score (nSPS) is 21.9. The van der Waals surface area contributed by atoms with Gasteiger partial charge in [0.25, 0.3) is 5.91 Å². The molecule has 2 aromatic carbocycles. The lowest BCUT2D eigenvalue weighted by atomic mass is 9.82. The second-order valence-electron chi connectivity index (χ2n) is 12.2. The van der Waals surface area contributed by atoms with Crippen molar-refractivity contribution in [1.29, 1.82) is 0 Å². The van der Waals surface area contributed by atoms with Gasteiger partial charge in [0.1, 0.15) is 18.2 Å². The smallest absolute Gasteiger partial charge is 0.255 e. The third kappa shape index (κ3) is 6.06. The fourth-order valence-corrected chi connectivity index (χ4v) is 5.94. The van der Waals surface area contributed by atoms with Crippen LogP contribution in [-0.4, -0.2) is 63.5 Å². The highest BCUT2D eigenvalue weighted by molar-refractivity contribution is 7.90. The van der Waals surface area contributed by atoms with Crippen molar-refractivity contribution in [2.45, 2.75) is 84.4 Å². The molecule has 1 fully saturated rings.